The number of carbonyl (C=O) groups excluding carboxylic acids is 1. The second kappa shape index (κ2) is 7.73. The number of fused-ring (bicyclic) bond motifs is 1. The highest BCUT2D eigenvalue weighted by Gasteiger charge is 2.27. The first-order chi connectivity index (χ1) is 13.5. The van der Waals surface area contributed by atoms with Gasteiger partial charge in [0.2, 0.25) is 20.9 Å². The molecule has 0 atom stereocenters. The molecule has 0 aliphatic carbocycles. The summed E-state index contributed by atoms with van der Waals surface area (Å²) in [5.74, 6) is -0.300. The average molecular weight is 399 g/mol. The van der Waals surface area contributed by atoms with Crippen LogP contribution in [-0.2, 0) is 31.7 Å². The van der Waals surface area contributed by atoms with Crippen LogP contribution in [0.5, 0.6) is 0 Å². The van der Waals surface area contributed by atoms with Gasteiger partial charge in [-0.3, -0.25) is 4.79 Å². The van der Waals surface area contributed by atoms with Crippen molar-refractivity contribution in [2.24, 2.45) is 0 Å². The third kappa shape index (κ3) is 3.79. The number of hydrogen-bond donors (Lipinski definition) is 0. The van der Waals surface area contributed by atoms with Crippen molar-refractivity contribution in [1.29, 1.82) is 0 Å². The van der Waals surface area contributed by atoms with Gasteiger partial charge >= 0.3 is 0 Å². The van der Waals surface area contributed by atoms with Gasteiger partial charge in [-0.1, -0.05) is 42.5 Å². The molecule has 8 heteroatoms. The van der Waals surface area contributed by atoms with Crippen molar-refractivity contribution in [3.8, 4) is 0 Å². The molecule has 1 saturated heterocycles. The Balaban J connectivity index is 1.71. The molecule has 4 rings (SSSR count). The number of hydrogen-bond acceptors (Lipinski definition) is 5. The summed E-state index contributed by atoms with van der Waals surface area (Å²) in [7, 11) is -3.73. The quantitative estimate of drug-likeness (QED) is 0.654. The molecule has 1 amide bonds. The Bertz CT molecular complexity index is 1090. The Morgan fingerprint density at radius 2 is 1.68 bits per heavy atom. The lowest BCUT2D eigenvalue weighted by Gasteiger charge is -2.27. The number of morpholine rings is 1. The van der Waals surface area contributed by atoms with Gasteiger partial charge in [-0.05, 0) is 17.7 Å². The van der Waals surface area contributed by atoms with Gasteiger partial charge < -0.3 is 14.2 Å². The minimum atomic E-state index is -3.73. The largest absolute Gasteiger partial charge is 0.378 e. The van der Waals surface area contributed by atoms with Crippen molar-refractivity contribution in [2.75, 3.05) is 26.3 Å². The first-order valence-electron chi connectivity index (χ1n) is 9.12. The van der Waals surface area contributed by atoms with Gasteiger partial charge in [0.25, 0.3) is 0 Å². The second-order valence-electron chi connectivity index (χ2n) is 6.71. The van der Waals surface area contributed by atoms with Crippen molar-refractivity contribution in [1.82, 2.24) is 14.5 Å². The molecule has 0 radical (unpaired) electrons. The second-order valence-corrected chi connectivity index (χ2v) is 8.59. The minimum absolute atomic E-state index is 0.0656. The summed E-state index contributed by atoms with van der Waals surface area (Å²) in [6.45, 7) is 1.95. The Morgan fingerprint density at radius 1 is 1.00 bits per heavy atom. The molecule has 1 aliphatic rings. The third-order valence-corrected chi connectivity index (χ3v) is 6.34. The van der Waals surface area contributed by atoms with E-state index < -0.39 is 9.84 Å². The van der Waals surface area contributed by atoms with Crippen LogP contribution in [0, 0.1) is 0 Å². The van der Waals surface area contributed by atoms with Crippen molar-refractivity contribution >= 4 is 26.8 Å². The summed E-state index contributed by atoms with van der Waals surface area (Å²) < 4.78 is 33.1. The molecule has 0 bridgehead atoms. The highest BCUT2D eigenvalue weighted by atomic mass is 32.2. The number of nitrogens with zero attached hydrogens (tertiary/aromatic N) is 3. The van der Waals surface area contributed by atoms with Gasteiger partial charge in [-0.25, -0.2) is 13.4 Å². The zero-order valence-electron chi connectivity index (χ0n) is 15.3. The van der Waals surface area contributed by atoms with E-state index in [-0.39, 0.29) is 23.4 Å². The zero-order valence-corrected chi connectivity index (χ0v) is 16.1. The molecule has 0 unspecified atom stereocenters. The number of sulfone groups is 1. The summed E-state index contributed by atoms with van der Waals surface area (Å²) in [6.07, 6.45) is 0. The van der Waals surface area contributed by atoms with E-state index in [1.54, 1.807) is 47.4 Å². The Hall–Kier alpha value is -2.71. The van der Waals surface area contributed by atoms with Gasteiger partial charge in [0.15, 0.2) is 0 Å². The lowest BCUT2D eigenvalue weighted by Crippen LogP contribution is -2.42. The lowest BCUT2D eigenvalue weighted by molar-refractivity contribution is -0.135. The molecule has 0 spiro atoms. The van der Waals surface area contributed by atoms with Crippen LogP contribution in [0.3, 0.4) is 0 Å². The van der Waals surface area contributed by atoms with E-state index in [1.807, 2.05) is 12.1 Å². The normalized spacial score (nSPS) is 15.1. The van der Waals surface area contributed by atoms with E-state index >= 15 is 0 Å². The van der Waals surface area contributed by atoms with E-state index in [4.69, 9.17) is 4.74 Å². The third-order valence-electron chi connectivity index (χ3n) is 4.75. The van der Waals surface area contributed by atoms with Gasteiger partial charge in [-0.2, -0.15) is 0 Å². The molecule has 2 aromatic carbocycles. The number of para-hydroxylation sites is 2. The summed E-state index contributed by atoms with van der Waals surface area (Å²) in [6, 6.07) is 16.1. The fraction of sp³-hybridized carbons (Fsp3) is 0.300. The molecule has 1 aromatic heterocycles. The smallest absolute Gasteiger partial charge is 0.242 e. The first-order valence-corrected chi connectivity index (χ1v) is 10.8. The molecule has 146 valence electrons. The monoisotopic (exact) mass is 399 g/mol. The number of carbonyl (C=O) groups is 1. The number of aromatic nitrogens is 2. The van der Waals surface area contributed by atoms with Crippen LogP contribution in [-0.4, -0.2) is 55.1 Å². The Labute approximate surface area is 163 Å². The highest BCUT2D eigenvalue weighted by molar-refractivity contribution is 7.90. The number of amides is 1. The predicted molar refractivity (Wildman–Crippen MR) is 104 cm³/mol. The summed E-state index contributed by atoms with van der Waals surface area (Å²) in [5.41, 5.74) is 1.88. The van der Waals surface area contributed by atoms with E-state index in [9.17, 15) is 13.2 Å². The first kappa shape index (κ1) is 18.6. The molecular weight excluding hydrogens is 378 g/mol. The van der Waals surface area contributed by atoms with Gasteiger partial charge in [0.05, 0.1) is 30.0 Å². The lowest BCUT2D eigenvalue weighted by atomic mass is 10.2. The SMILES string of the molecule is O=C(Cn1c(S(=O)(=O)Cc2ccccc2)nc2ccccc21)N1CCOCC1. The number of rotatable bonds is 5. The molecule has 0 N–H and O–H groups in total. The van der Waals surface area contributed by atoms with Crippen LogP contribution in [0.15, 0.2) is 59.8 Å². The summed E-state index contributed by atoms with van der Waals surface area (Å²) in [4.78, 5) is 18.8. The topological polar surface area (TPSA) is 81.5 Å². The molecule has 28 heavy (non-hydrogen) atoms. The van der Waals surface area contributed by atoms with E-state index in [0.29, 0.717) is 42.9 Å². The fourth-order valence-electron chi connectivity index (χ4n) is 3.35. The number of benzene rings is 2. The van der Waals surface area contributed by atoms with Crippen LogP contribution >= 0.6 is 0 Å². The maximum absolute atomic E-state index is 13.1. The van der Waals surface area contributed by atoms with Crippen LogP contribution < -0.4 is 0 Å². The van der Waals surface area contributed by atoms with Crippen LogP contribution in [0.2, 0.25) is 0 Å². The maximum atomic E-state index is 13.1. The van der Waals surface area contributed by atoms with Crippen LogP contribution in [0.4, 0.5) is 0 Å². The summed E-state index contributed by atoms with van der Waals surface area (Å²) >= 11 is 0. The molecule has 3 aromatic rings. The van der Waals surface area contributed by atoms with E-state index in [0.717, 1.165) is 0 Å². The minimum Gasteiger partial charge on any atom is -0.378 e. The number of ether oxygens (including phenoxy) is 1. The zero-order chi connectivity index (χ0) is 19.6. The van der Waals surface area contributed by atoms with Gasteiger partial charge in [0.1, 0.15) is 6.54 Å². The van der Waals surface area contributed by atoms with Crippen molar-refractivity contribution in [3.63, 3.8) is 0 Å². The number of imidazole rings is 1. The molecular formula is C20H21N3O4S. The van der Waals surface area contributed by atoms with Gasteiger partial charge in [-0.15, -0.1) is 0 Å². The maximum Gasteiger partial charge on any atom is 0.242 e. The summed E-state index contributed by atoms with van der Waals surface area (Å²) in [5, 5.41) is -0.0702. The standard InChI is InChI=1S/C20H21N3O4S/c24-19(22-10-12-27-13-11-22)14-23-18-9-5-4-8-17(18)21-20(23)28(25,26)15-16-6-2-1-3-7-16/h1-9H,10-15H2. The van der Waals surface area contributed by atoms with E-state index in [2.05, 4.69) is 4.98 Å². The van der Waals surface area contributed by atoms with Crippen molar-refractivity contribution < 1.29 is 17.9 Å². The van der Waals surface area contributed by atoms with Crippen molar-refractivity contribution in [3.05, 3.63) is 60.2 Å². The molecule has 0 saturated carbocycles. The average Bonchev–Trinajstić information content (AvgIpc) is 3.09. The van der Waals surface area contributed by atoms with Crippen molar-refractivity contribution in [2.45, 2.75) is 17.5 Å². The molecule has 2 heterocycles. The van der Waals surface area contributed by atoms with E-state index in [1.165, 1.54) is 4.57 Å². The Morgan fingerprint density at radius 3 is 2.43 bits per heavy atom. The molecule has 1 fully saturated rings. The van der Waals surface area contributed by atoms with Crippen LogP contribution in [0.1, 0.15) is 5.56 Å². The Kier molecular flexibility index (Phi) is 5.15. The highest BCUT2D eigenvalue weighted by Crippen LogP contribution is 2.23. The molecule has 1 aliphatic heterocycles. The van der Waals surface area contributed by atoms with Crippen LogP contribution in [0.25, 0.3) is 11.0 Å². The fourth-order valence-corrected chi connectivity index (χ4v) is 4.85. The van der Waals surface area contributed by atoms with Gasteiger partial charge in [0, 0.05) is 13.1 Å². The molecule has 7 nitrogen and oxygen atoms in total. The predicted octanol–water partition coefficient (Wildman–Crippen LogP) is 1.87.